The molecule has 2 aliphatic rings. The lowest BCUT2D eigenvalue weighted by molar-refractivity contribution is 0.420. The van der Waals surface area contributed by atoms with Crippen LogP contribution >= 0.6 is 11.3 Å². The van der Waals surface area contributed by atoms with Gasteiger partial charge in [0, 0.05) is 37.2 Å². The molecule has 2 fully saturated rings. The average Bonchev–Trinajstić information content (AvgIpc) is 3.84. The number of fused-ring (bicyclic) bond motifs is 5. The topological polar surface area (TPSA) is 3.24 Å². The van der Waals surface area contributed by atoms with E-state index in [4.69, 9.17) is 0 Å². The van der Waals surface area contributed by atoms with Crippen molar-refractivity contribution in [1.29, 1.82) is 0 Å². The van der Waals surface area contributed by atoms with Gasteiger partial charge in [-0.25, -0.2) is 0 Å². The normalized spacial score (nSPS) is 19.0. The fraction of sp³-hybridized carbons (Fsp3) is 0.163. The molecule has 1 heterocycles. The molecule has 0 aliphatic heterocycles. The maximum atomic E-state index is 2.40. The Labute approximate surface area is 269 Å². The van der Waals surface area contributed by atoms with E-state index in [-0.39, 0.29) is 0 Å². The van der Waals surface area contributed by atoms with Crippen molar-refractivity contribution >= 4 is 48.6 Å². The van der Waals surface area contributed by atoms with Gasteiger partial charge in [0.1, 0.15) is 0 Å². The Morgan fingerprint density at radius 2 is 1.13 bits per heavy atom. The predicted octanol–water partition coefficient (Wildman–Crippen LogP) is 12.8. The SMILES string of the molecule is c1ccc(-c2cccc(N(c3ccc(-c4ccc(C5CC6CCC5C6)cc4)cc3)c3ccc4sc5ccccc5c4c3)c2)cc1. The summed E-state index contributed by atoms with van der Waals surface area (Å²) in [6.45, 7) is 0. The highest BCUT2D eigenvalue weighted by Gasteiger charge is 2.39. The molecule has 0 amide bonds. The van der Waals surface area contributed by atoms with Gasteiger partial charge in [0.25, 0.3) is 0 Å². The molecule has 218 valence electrons. The standard InChI is InChI=1S/C43H35NS/c1-2-7-30(8-3-1)34-9-6-10-37(27-34)44(38-23-24-43-41(28-38)39-11-4-5-12-42(39)45-43)36-21-19-32(20-22-36)31-15-17-33(18-16-31)40-26-29-13-14-35(40)25-29/h1-12,15-24,27-29,35,40H,13-14,25-26H2. The van der Waals surface area contributed by atoms with E-state index < -0.39 is 0 Å². The summed E-state index contributed by atoms with van der Waals surface area (Å²) in [5.74, 6) is 2.67. The molecule has 2 bridgehead atoms. The quantitative estimate of drug-likeness (QED) is 0.184. The first-order valence-electron chi connectivity index (χ1n) is 16.3. The Hall–Kier alpha value is -4.66. The van der Waals surface area contributed by atoms with Gasteiger partial charge in [0.05, 0.1) is 0 Å². The number of anilines is 3. The second-order valence-corrected chi connectivity index (χ2v) is 14.1. The molecule has 0 spiro atoms. The van der Waals surface area contributed by atoms with Crippen molar-refractivity contribution in [3.05, 3.63) is 151 Å². The van der Waals surface area contributed by atoms with Crippen molar-refractivity contribution in [3.63, 3.8) is 0 Å². The van der Waals surface area contributed by atoms with Crippen LogP contribution in [-0.4, -0.2) is 0 Å². The molecule has 0 radical (unpaired) electrons. The zero-order valence-corrected chi connectivity index (χ0v) is 26.1. The second kappa shape index (κ2) is 11.1. The smallest absolute Gasteiger partial charge is 0.0468 e. The first kappa shape index (κ1) is 26.7. The van der Waals surface area contributed by atoms with Crippen LogP contribution in [0.4, 0.5) is 17.1 Å². The Morgan fingerprint density at radius 3 is 1.91 bits per heavy atom. The maximum Gasteiger partial charge on any atom is 0.0468 e. The van der Waals surface area contributed by atoms with Crippen molar-refractivity contribution < 1.29 is 0 Å². The lowest BCUT2D eigenvalue weighted by atomic mass is 9.83. The molecular weight excluding hydrogens is 563 g/mol. The number of hydrogen-bond acceptors (Lipinski definition) is 2. The van der Waals surface area contributed by atoms with Gasteiger partial charge in [-0.1, -0.05) is 103 Å². The highest BCUT2D eigenvalue weighted by Crippen LogP contribution is 2.53. The third-order valence-corrected chi connectivity index (χ3v) is 11.5. The molecule has 3 atom stereocenters. The molecule has 6 aromatic carbocycles. The molecule has 7 aromatic rings. The molecule has 3 unspecified atom stereocenters. The van der Waals surface area contributed by atoms with Crippen LogP contribution in [0.25, 0.3) is 42.4 Å². The largest absolute Gasteiger partial charge is 0.310 e. The van der Waals surface area contributed by atoms with E-state index in [9.17, 15) is 0 Å². The van der Waals surface area contributed by atoms with Crippen molar-refractivity contribution in [2.75, 3.05) is 4.90 Å². The molecule has 1 aromatic heterocycles. The second-order valence-electron chi connectivity index (χ2n) is 13.0. The van der Waals surface area contributed by atoms with E-state index in [1.165, 1.54) is 73.8 Å². The molecule has 0 saturated heterocycles. The third kappa shape index (κ3) is 4.85. The zero-order valence-electron chi connectivity index (χ0n) is 25.3. The minimum Gasteiger partial charge on any atom is -0.310 e. The van der Waals surface area contributed by atoms with Gasteiger partial charge in [-0.3, -0.25) is 0 Å². The van der Waals surface area contributed by atoms with Gasteiger partial charge in [-0.05, 0) is 113 Å². The van der Waals surface area contributed by atoms with Crippen LogP contribution in [0.3, 0.4) is 0 Å². The molecule has 2 heteroatoms. The van der Waals surface area contributed by atoms with Crippen molar-refractivity contribution in [2.45, 2.75) is 31.6 Å². The highest BCUT2D eigenvalue weighted by molar-refractivity contribution is 7.25. The van der Waals surface area contributed by atoms with Gasteiger partial charge in [0.15, 0.2) is 0 Å². The molecule has 45 heavy (non-hydrogen) atoms. The zero-order chi connectivity index (χ0) is 29.7. The maximum absolute atomic E-state index is 2.40. The highest BCUT2D eigenvalue weighted by atomic mass is 32.1. The van der Waals surface area contributed by atoms with E-state index in [1.54, 1.807) is 5.56 Å². The molecule has 9 rings (SSSR count). The first-order chi connectivity index (χ1) is 22.3. The summed E-state index contributed by atoms with van der Waals surface area (Å²) in [7, 11) is 0. The van der Waals surface area contributed by atoms with Gasteiger partial charge in [0.2, 0.25) is 0 Å². The van der Waals surface area contributed by atoms with E-state index in [2.05, 4.69) is 150 Å². The third-order valence-electron chi connectivity index (χ3n) is 10.4. The molecule has 2 aliphatic carbocycles. The summed E-state index contributed by atoms with van der Waals surface area (Å²) >= 11 is 1.87. The fourth-order valence-corrected chi connectivity index (χ4v) is 9.22. The van der Waals surface area contributed by atoms with E-state index in [0.29, 0.717) is 0 Å². The summed E-state index contributed by atoms with van der Waals surface area (Å²) in [5.41, 5.74) is 10.0. The van der Waals surface area contributed by atoms with E-state index in [1.807, 2.05) is 11.3 Å². The first-order valence-corrected chi connectivity index (χ1v) is 17.2. The Kier molecular flexibility index (Phi) is 6.56. The lowest BCUT2D eigenvalue weighted by Gasteiger charge is -2.26. The van der Waals surface area contributed by atoms with Crippen LogP contribution in [-0.2, 0) is 0 Å². The van der Waals surface area contributed by atoms with Crippen LogP contribution in [0.5, 0.6) is 0 Å². The summed E-state index contributed by atoms with van der Waals surface area (Å²) in [4.78, 5) is 2.40. The summed E-state index contributed by atoms with van der Waals surface area (Å²) < 4.78 is 2.65. The summed E-state index contributed by atoms with van der Waals surface area (Å²) in [6.07, 6.45) is 5.73. The summed E-state index contributed by atoms with van der Waals surface area (Å²) in [5, 5.41) is 2.63. The van der Waals surface area contributed by atoms with Crippen molar-refractivity contribution in [1.82, 2.24) is 0 Å². The molecule has 2 saturated carbocycles. The predicted molar refractivity (Wildman–Crippen MR) is 193 cm³/mol. The minimum atomic E-state index is 0.776. The number of hydrogen-bond donors (Lipinski definition) is 0. The van der Waals surface area contributed by atoms with Gasteiger partial charge in [-0.2, -0.15) is 0 Å². The van der Waals surface area contributed by atoms with Crippen LogP contribution in [0.1, 0.15) is 37.2 Å². The minimum absolute atomic E-state index is 0.776. The Bertz CT molecular complexity index is 2120. The molecule has 1 nitrogen and oxygen atoms in total. The van der Waals surface area contributed by atoms with Crippen LogP contribution in [0, 0.1) is 11.8 Å². The number of rotatable bonds is 6. The molecule has 0 N–H and O–H groups in total. The van der Waals surface area contributed by atoms with E-state index >= 15 is 0 Å². The monoisotopic (exact) mass is 597 g/mol. The van der Waals surface area contributed by atoms with Crippen molar-refractivity contribution in [2.24, 2.45) is 11.8 Å². The fourth-order valence-electron chi connectivity index (χ4n) is 8.13. The van der Waals surface area contributed by atoms with E-state index in [0.717, 1.165) is 29.1 Å². The van der Waals surface area contributed by atoms with Crippen molar-refractivity contribution in [3.8, 4) is 22.3 Å². The number of thiophene rings is 1. The Balaban J connectivity index is 1.10. The summed E-state index contributed by atoms with van der Waals surface area (Å²) in [6, 6.07) is 53.9. The van der Waals surface area contributed by atoms with Gasteiger partial charge in [-0.15, -0.1) is 11.3 Å². The van der Waals surface area contributed by atoms with Crippen LogP contribution < -0.4 is 4.90 Å². The Morgan fingerprint density at radius 1 is 0.467 bits per heavy atom. The molecular formula is C43H35NS. The van der Waals surface area contributed by atoms with Gasteiger partial charge < -0.3 is 4.90 Å². The number of benzene rings is 6. The number of nitrogens with zero attached hydrogens (tertiary/aromatic N) is 1. The van der Waals surface area contributed by atoms with Crippen LogP contribution in [0.2, 0.25) is 0 Å². The average molecular weight is 598 g/mol. The van der Waals surface area contributed by atoms with Gasteiger partial charge >= 0.3 is 0 Å². The lowest BCUT2D eigenvalue weighted by Crippen LogP contribution is -2.10. The van der Waals surface area contributed by atoms with Crippen LogP contribution in [0.15, 0.2) is 146 Å².